The fourth-order valence-corrected chi connectivity index (χ4v) is 4.70. The number of nitrogens with one attached hydrogen (secondary N) is 1. The van der Waals surface area contributed by atoms with Crippen LogP contribution in [-0.2, 0) is 26.4 Å². The van der Waals surface area contributed by atoms with Crippen LogP contribution < -0.4 is 5.32 Å². The molecule has 1 N–H and O–H groups in total. The minimum absolute atomic E-state index is 0.129. The molecule has 26 heavy (non-hydrogen) atoms. The van der Waals surface area contributed by atoms with Crippen LogP contribution in [0.25, 0.3) is 0 Å². The van der Waals surface area contributed by atoms with Gasteiger partial charge < -0.3 is 10.2 Å². The molecule has 2 aromatic heterocycles. The summed E-state index contributed by atoms with van der Waals surface area (Å²) in [6.07, 6.45) is 9.46. The number of aryl methyl sites for hydroxylation is 1. The van der Waals surface area contributed by atoms with Crippen molar-refractivity contribution in [3.05, 3.63) is 33.5 Å². The first-order chi connectivity index (χ1) is 12.7. The zero-order chi connectivity index (χ0) is 17.9. The van der Waals surface area contributed by atoms with Crippen LogP contribution in [0.2, 0.25) is 0 Å². The van der Waals surface area contributed by atoms with Gasteiger partial charge in [-0.25, -0.2) is 4.98 Å². The van der Waals surface area contributed by atoms with Crippen LogP contribution in [0.15, 0.2) is 11.6 Å². The lowest BCUT2D eigenvalue weighted by Crippen LogP contribution is -2.36. The van der Waals surface area contributed by atoms with E-state index in [-0.39, 0.29) is 5.91 Å². The van der Waals surface area contributed by atoms with Crippen molar-refractivity contribution in [1.29, 1.82) is 0 Å². The van der Waals surface area contributed by atoms with Gasteiger partial charge in [0.1, 0.15) is 5.01 Å². The molecule has 0 bridgehead atoms. The van der Waals surface area contributed by atoms with E-state index in [1.807, 2.05) is 28.2 Å². The highest BCUT2D eigenvalue weighted by molar-refractivity contribution is 7.09. The number of aromatic nitrogens is 3. The first-order valence-electron chi connectivity index (χ1n) is 9.68. The van der Waals surface area contributed by atoms with Crippen LogP contribution >= 0.6 is 11.3 Å². The van der Waals surface area contributed by atoms with Crippen molar-refractivity contribution in [1.82, 2.24) is 25.0 Å². The summed E-state index contributed by atoms with van der Waals surface area (Å²) in [5.41, 5.74) is 3.07. The third-order valence-corrected chi connectivity index (χ3v) is 6.36. The van der Waals surface area contributed by atoms with Gasteiger partial charge in [-0.15, -0.1) is 11.3 Å². The molecule has 140 valence electrons. The van der Waals surface area contributed by atoms with Crippen molar-refractivity contribution in [2.24, 2.45) is 7.05 Å². The molecule has 0 spiro atoms. The van der Waals surface area contributed by atoms with Crippen molar-refractivity contribution < 1.29 is 4.79 Å². The van der Waals surface area contributed by atoms with Crippen LogP contribution in [-0.4, -0.2) is 44.7 Å². The second-order valence-corrected chi connectivity index (χ2v) is 8.33. The predicted molar refractivity (Wildman–Crippen MR) is 102 cm³/mol. The molecule has 7 heteroatoms. The summed E-state index contributed by atoms with van der Waals surface area (Å²) >= 11 is 1.68. The Morgan fingerprint density at radius 1 is 1.31 bits per heavy atom. The molecular weight excluding hydrogens is 346 g/mol. The fraction of sp³-hybridized carbons (Fsp3) is 0.632. The minimum Gasteiger partial charge on any atom is -0.337 e. The van der Waals surface area contributed by atoms with Crippen LogP contribution in [0, 0.1) is 0 Å². The normalized spacial score (nSPS) is 20.7. The molecule has 1 atom stereocenters. The molecule has 1 amide bonds. The molecule has 3 heterocycles. The Morgan fingerprint density at radius 2 is 2.12 bits per heavy atom. The summed E-state index contributed by atoms with van der Waals surface area (Å²) in [4.78, 5) is 19.5. The molecule has 1 aliphatic carbocycles. The Bertz CT molecular complexity index is 746. The fourth-order valence-electron chi connectivity index (χ4n) is 4.13. The highest BCUT2D eigenvalue weighted by Crippen LogP contribution is 2.26. The standard InChI is InChI=1S/C19H27N5OS/c1-23-16-7-6-14(21-13-17-20-8-11-26-17)12-15(16)18(22-23)19(25)24-9-4-2-3-5-10-24/h8,11,14,21H,2-7,9-10,12-13H2,1H3/t14-/m0/s1. The largest absolute Gasteiger partial charge is 0.337 e. The van der Waals surface area contributed by atoms with Crippen LogP contribution in [0.1, 0.15) is 58.9 Å². The Morgan fingerprint density at radius 3 is 2.85 bits per heavy atom. The van der Waals surface area contributed by atoms with E-state index in [2.05, 4.69) is 15.4 Å². The molecular formula is C19H27N5OS. The van der Waals surface area contributed by atoms with Crippen LogP contribution in [0.4, 0.5) is 0 Å². The van der Waals surface area contributed by atoms with E-state index < -0.39 is 0 Å². The van der Waals surface area contributed by atoms with Gasteiger partial charge >= 0.3 is 0 Å². The van der Waals surface area contributed by atoms with Crippen LogP contribution in [0.3, 0.4) is 0 Å². The van der Waals surface area contributed by atoms with Gasteiger partial charge in [-0.1, -0.05) is 12.8 Å². The third kappa shape index (κ3) is 3.69. The molecule has 0 unspecified atom stereocenters. The summed E-state index contributed by atoms with van der Waals surface area (Å²) in [7, 11) is 1.97. The van der Waals surface area contributed by atoms with E-state index in [9.17, 15) is 4.79 Å². The van der Waals surface area contributed by atoms with E-state index >= 15 is 0 Å². The number of likely N-dealkylation sites (tertiary alicyclic amines) is 1. The number of amides is 1. The zero-order valence-electron chi connectivity index (χ0n) is 15.4. The maximum absolute atomic E-state index is 13.1. The Labute approximate surface area is 158 Å². The quantitative estimate of drug-likeness (QED) is 0.895. The monoisotopic (exact) mass is 373 g/mol. The van der Waals surface area contributed by atoms with E-state index in [0.29, 0.717) is 11.7 Å². The number of thiazole rings is 1. The number of carbonyl (C=O) groups excluding carboxylic acids is 1. The summed E-state index contributed by atoms with van der Waals surface area (Å²) in [6.45, 7) is 2.54. The number of carbonyl (C=O) groups is 1. The van der Waals surface area contributed by atoms with Gasteiger partial charge in [0.2, 0.25) is 0 Å². The van der Waals surface area contributed by atoms with Crippen molar-refractivity contribution in [2.75, 3.05) is 13.1 Å². The molecule has 2 aliphatic rings. The van der Waals surface area contributed by atoms with Crippen molar-refractivity contribution in [2.45, 2.75) is 57.5 Å². The SMILES string of the molecule is Cn1nc(C(=O)N2CCCCCC2)c2c1CC[C@H](NCc1nccs1)C2. The van der Waals surface area contributed by atoms with E-state index in [4.69, 9.17) is 0 Å². The van der Waals surface area contributed by atoms with Gasteiger partial charge in [0, 0.05) is 55.6 Å². The molecule has 1 aliphatic heterocycles. The van der Waals surface area contributed by atoms with Gasteiger partial charge in [-0.05, 0) is 32.1 Å². The topological polar surface area (TPSA) is 63.1 Å². The first-order valence-corrected chi connectivity index (χ1v) is 10.6. The average molecular weight is 374 g/mol. The lowest BCUT2D eigenvalue weighted by molar-refractivity contribution is 0.0753. The summed E-state index contributed by atoms with van der Waals surface area (Å²) < 4.78 is 1.93. The van der Waals surface area contributed by atoms with E-state index in [1.165, 1.54) is 18.5 Å². The molecule has 1 saturated heterocycles. The number of hydrogen-bond donors (Lipinski definition) is 1. The Balaban J connectivity index is 1.49. The second-order valence-electron chi connectivity index (χ2n) is 7.35. The molecule has 0 saturated carbocycles. The van der Waals surface area contributed by atoms with Crippen molar-refractivity contribution in [3.8, 4) is 0 Å². The summed E-state index contributed by atoms with van der Waals surface area (Å²) in [5.74, 6) is 0.129. The maximum Gasteiger partial charge on any atom is 0.274 e. The number of fused-ring (bicyclic) bond motifs is 1. The lowest BCUT2D eigenvalue weighted by atomic mass is 9.91. The Kier molecular flexibility index (Phi) is 5.36. The summed E-state index contributed by atoms with van der Waals surface area (Å²) in [5, 5.41) is 11.4. The van der Waals surface area contributed by atoms with Gasteiger partial charge in [-0.2, -0.15) is 5.10 Å². The Hall–Kier alpha value is -1.73. The second kappa shape index (κ2) is 7.88. The molecule has 0 aromatic carbocycles. The van der Waals surface area contributed by atoms with Crippen LogP contribution in [0.5, 0.6) is 0 Å². The van der Waals surface area contributed by atoms with Crippen molar-refractivity contribution in [3.63, 3.8) is 0 Å². The highest BCUT2D eigenvalue weighted by Gasteiger charge is 2.30. The number of nitrogens with zero attached hydrogens (tertiary/aromatic N) is 4. The lowest BCUT2D eigenvalue weighted by Gasteiger charge is -2.25. The highest BCUT2D eigenvalue weighted by atomic mass is 32.1. The molecule has 2 aromatic rings. The predicted octanol–water partition coefficient (Wildman–Crippen LogP) is 2.54. The summed E-state index contributed by atoms with van der Waals surface area (Å²) in [6, 6.07) is 0.381. The first kappa shape index (κ1) is 17.7. The molecule has 1 fully saturated rings. The minimum atomic E-state index is 0.129. The molecule has 4 rings (SSSR count). The third-order valence-electron chi connectivity index (χ3n) is 5.58. The average Bonchev–Trinajstić information content (AvgIpc) is 3.19. The molecule has 0 radical (unpaired) electrons. The maximum atomic E-state index is 13.1. The smallest absolute Gasteiger partial charge is 0.274 e. The number of rotatable bonds is 4. The van der Waals surface area contributed by atoms with Gasteiger partial charge in [0.15, 0.2) is 5.69 Å². The van der Waals surface area contributed by atoms with Gasteiger partial charge in [0.25, 0.3) is 5.91 Å². The number of hydrogen-bond acceptors (Lipinski definition) is 5. The van der Waals surface area contributed by atoms with Crippen molar-refractivity contribution >= 4 is 17.2 Å². The van der Waals surface area contributed by atoms with Gasteiger partial charge in [0.05, 0.1) is 0 Å². The molecule has 6 nitrogen and oxygen atoms in total. The van der Waals surface area contributed by atoms with E-state index in [0.717, 1.165) is 62.3 Å². The van der Waals surface area contributed by atoms with E-state index in [1.54, 1.807) is 11.3 Å². The zero-order valence-corrected chi connectivity index (χ0v) is 16.2. The van der Waals surface area contributed by atoms with Gasteiger partial charge in [-0.3, -0.25) is 9.48 Å².